The third-order valence-corrected chi connectivity index (χ3v) is 4.75. The number of rotatable bonds is 7. The number of aromatic hydroxyl groups is 1. The molecule has 154 valence electrons. The van der Waals surface area contributed by atoms with Crippen molar-refractivity contribution in [2.45, 2.75) is 6.54 Å². The van der Waals surface area contributed by atoms with E-state index in [1.807, 2.05) is 12.1 Å². The lowest BCUT2D eigenvalue weighted by atomic mass is 10.2. The maximum Gasteiger partial charge on any atom is 0.231 e. The molecule has 0 spiro atoms. The number of phenols is 1. The Morgan fingerprint density at radius 2 is 1.87 bits per heavy atom. The van der Waals surface area contributed by atoms with Gasteiger partial charge in [0.2, 0.25) is 16.0 Å². The number of sulfonamides is 1. The Morgan fingerprint density at radius 1 is 1.07 bits per heavy atom. The zero-order valence-electron chi connectivity index (χ0n) is 15.9. The molecule has 0 radical (unpaired) electrons. The van der Waals surface area contributed by atoms with Gasteiger partial charge in [-0.05, 0) is 24.3 Å². The van der Waals surface area contributed by atoms with Crippen molar-refractivity contribution in [1.29, 1.82) is 0 Å². The first kappa shape index (κ1) is 19.5. The fraction of sp³-hybridized carbons (Fsp3) is 0.105. The van der Waals surface area contributed by atoms with Crippen LogP contribution in [-0.4, -0.2) is 39.7 Å². The highest BCUT2D eigenvalue weighted by molar-refractivity contribution is 7.92. The summed E-state index contributed by atoms with van der Waals surface area (Å²) in [7, 11) is -3.39. The molecule has 11 heteroatoms. The van der Waals surface area contributed by atoms with E-state index in [2.05, 4.69) is 35.3 Å². The predicted octanol–water partition coefficient (Wildman–Crippen LogP) is 2.79. The highest BCUT2D eigenvalue weighted by Crippen LogP contribution is 2.24. The van der Waals surface area contributed by atoms with Crippen LogP contribution in [-0.2, 0) is 16.6 Å². The number of anilines is 4. The lowest BCUT2D eigenvalue weighted by molar-refractivity contribution is 0.469. The van der Waals surface area contributed by atoms with Crippen molar-refractivity contribution >= 4 is 44.3 Å². The molecule has 30 heavy (non-hydrogen) atoms. The average molecular weight is 425 g/mol. The molecular weight excluding hydrogens is 406 g/mol. The topological polar surface area (TPSA) is 145 Å². The molecule has 5 N–H and O–H groups in total. The van der Waals surface area contributed by atoms with Gasteiger partial charge in [0, 0.05) is 17.8 Å². The van der Waals surface area contributed by atoms with Crippen LogP contribution in [0, 0.1) is 0 Å². The van der Waals surface area contributed by atoms with E-state index in [9.17, 15) is 13.5 Å². The summed E-state index contributed by atoms with van der Waals surface area (Å²) in [5, 5.41) is 16.2. The molecule has 0 aliphatic rings. The van der Waals surface area contributed by atoms with Gasteiger partial charge in [-0.25, -0.2) is 13.4 Å². The minimum absolute atomic E-state index is 0.188. The highest BCUT2D eigenvalue weighted by Gasteiger charge is 2.11. The number of benzene rings is 2. The summed E-state index contributed by atoms with van der Waals surface area (Å²) < 4.78 is 25.3. The van der Waals surface area contributed by atoms with Gasteiger partial charge in [-0.3, -0.25) is 4.72 Å². The molecule has 0 aliphatic carbocycles. The molecule has 4 rings (SSSR count). The van der Waals surface area contributed by atoms with Crippen molar-refractivity contribution in [1.82, 2.24) is 19.9 Å². The quantitative estimate of drug-likeness (QED) is 0.304. The zero-order chi connectivity index (χ0) is 21.1. The van der Waals surface area contributed by atoms with Crippen molar-refractivity contribution in [3.8, 4) is 5.75 Å². The lowest BCUT2D eigenvalue weighted by Crippen LogP contribution is -2.09. The summed E-state index contributed by atoms with van der Waals surface area (Å²) in [6.45, 7) is 0.352. The van der Waals surface area contributed by atoms with Gasteiger partial charge in [-0.1, -0.05) is 24.3 Å². The third kappa shape index (κ3) is 4.58. The van der Waals surface area contributed by atoms with Gasteiger partial charge in [0.25, 0.3) is 0 Å². The molecule has 0 saturated heterocycles. The monoisotopic (exact) mass is 425 g/mol. The van der Waals surface area contributed by atoms with E-state index in [4.69, 9.17) is 0 Å². The second-order valence-electron chi connectivity index (χ2n) is 6.56. The number of imidazole rings is 1. The normalized spacial score (nSPS) is 11.4. The number of nitrogens with zero attached hydrogens (tertiary/aromatic N) is 3. The number of H-pyrrole nitrogens is 1. The van der Waals surface area contributed by atoms with E-state index < -0.39 is 10.0 Å². The average Bonchev–Trinajstić information content (AvgIpc) is 3.15. The number of hydrogen-bond acceptors (Lipinski definition) is 8. The summed E-state index contributed by atoms with van der Waals surface area (Å²) in [4.78, 5) is 16.1. The minimum Gasteiger partial charge on any atom is -0.508 e. The Morgan fingerprint density at radius 3 is 2.67 bits per heavy atom. The molecule has 2 aromatic carbocycles. The highest BCUT2D eigenvalue weighted by atomic mass is 32.2. The lowest BCUT2D eigenvalue weighted by Gasteiger charge is -2.11. The first-order valence-electron chi connectivity index (χ1n) is 8.94. The second-order valence-corrected chi connectivity index (χ2v) is 8.31. The SMILES string of the molecule is CS(=O)(=O)Nc1cccc(Nc2nc(NCc3ccccc3O)c3[nH]cnc3n2)c1. The van der Waals surface area contributed by atoms with Gasteiger partial charge in [0.15, 0.2) is 11.5 Å². The van der Waals surface area contributed by atoms with E-state index in [0.717, 1.165) is 11.8 Å². The standard InChI is InChI=1S/C19H19N7O3S/c1-30(28,29)26-14-7-4-6-13(9-14)23-19-24-17(16-18(25-19)22-11-21-16)20-10-12-5-2-3-8-15(12)27/h2-9,11,26-27H,10H2,1H3,(H3,20,21,22,23,24,25). The number of hydrogen-bond donors (Lipinski definition) is 5. The molecule has 4 aromatic rings. The molecular formula is C19H19N7O3S. The molecule has 0 unspecified atom stereocenters. The summed E-state index contributed by atoms with van der Waals surface area (Å²) >= 11 is 0. The Kier molecular flexibility index (Phi) is 5.11. The molecule has 0 atom stereocenters. The number of phenolic OH excluding ortho intramolecular Hbond substituents is 1. The van der Waals surface area contributed by atoms with Gasteiger partial charge in [0.05, 0.1) is 18.3 Å². The first-order valence-corrected chi connectivity index (χ1v) is 10.8. The van der Waals surface area contributed by atoms with Crippen LogP contribution < -0.4 is 15.4 Å². The van der Waals surface area contributed by atoms with Crippen molar-refractivity contribution in [3.63, 3.8) is 0 Å². The van der Waals surface area contributed by atoms with Crippen LogP contribution in [0.2, 0.25) is 0 Å². The van der Waals surface area contributed by atoms with E-state index >= 15 is 0 Å². The van der Waals surface area contributed by atoms with E-state index in [0.29, 0.717) is 34.9 Å². The molecule has 2 heterocycles. The molecule has 0 fully saturated rings. The summed E-state index contributed by atoms with van der Waals surface area (Å²) in [5.41, 5.74) is 2.82. The van der Waals surface area contributed by atoms with E-state index in [-0.39, 0.29) is 11.7 Å². The smallest absolute Gasteiger partial charge is 0.231 e. The van der Waals surface area contributed by atoms with Crippen LogP contribution in [0.1, 0.15) is 5.56 Å². The van der Waals surface area contributed by atoms with Crippen molar-refractivity contribution < 1.29 is 13.5 Å². The summed E-state index contributed by atoms with van der Waals surface area (Å²) in [6, 6.07) is 13.8. The van der Waals surface area contributed by atoms with Crippen molar-refractivity contribution in [3.05, 3.63) is 60.4 Å². The Hall–Kier alpha value is -3.86. The van der Waals surface area contributed by atoms with Crippen LogP contribution in [0.5, 0.6) is 5.75 Å². The van der Waals surface area contributed by atoms with E-state index in [1.54, 1.807) is 36.4 Å². The number of para-hydroxylation sites is 1. The van der Waals surface area contributed by atoms with Crippen LogP contribution in [0.25, 0.3) is 11.2 Å². The third-order valence-electron chi connectivity index (χ3n) is 4.15. The van der Waals surface area contributed by atoms with Crippen LogP contribution >= 0.6 is 0 Å². The molecule has 0 aliphatic heterocycles. The second kappa shape index (κ2) is 7.87. The van der Waals surface area contributed by atoms with Gasteiger partial charge >= 0.3 is 0 Å². The first-order chi connectivity index (χ1) is 14.4. The van der Waals surface area contributed by atoms with Crippen LogP contribution in [0.15, 0.2) is 54.9 Å². The number of fused-ring (bicyclic) bond motifs is 1. The fourth-order valence-electron chi connectivity index (χ4n) is 2.86. The zero-order valence-corrected chi connectivity index (χ0v) is 16.7. The molecule has 0 bridgehead atoms. The fourth-order valence-corrected chi connectivity index (χ4v) is 3.42. The predicted molar refractivity (Wildman–Crippen MR) is 115 cm³/mol. The van der Waals surface area contributed by atoms with Gasteiger partial charge in [-0.2, -0.15) is 9.97 Å². The number of aromatic nitrogens is 4. The summed E-state index contributed by atoms with van der Waals surface area (Å²) in [5.74, 6) is 0.980. The van der Waals surface area contributed by atoms with Gasteiger partial charge in [-0.15, -0.1) is 0 Å². The molecule has 10 nitrogen and oxygen atoms in total. The number of aromatic amines is 1. The van der Waals surface area contributed by atoms with Crippen LogP contribution in [0.4, 0.5) is 23.1 Å². The van der Waals surface area contributed by atoms with Crippen molar-refractivity contribution in [2.75, 3.05) is 21.6 Å². The minimum atomic E-state index is -3.39. The largest absolute Gasteiger partial charge is 0.508 e. The Bertz CT molecular complexity index is 1300. The van der Waals surface area contributed by atoms with Gasteiger partial charge < -0.3 is 20.7 Å². The molecule has 2 aromatic heterocycles. The Balaban J connectivity index is 1.60. The maximum absolute atomic E-state index is 11.5. The van der Waals surface area contributed by atoms with Crippen molar-refractivity contribution in [2.24, 2.45) is 0 Å². The Labute approximate surface area is 172 Å². The molecule has 0 saturated carbocycles. The molecule has 0 amide bonds. The number of nitrogens with one attached hydrogen (secondary N) is 4. The van der Waals surface area contributed by atoms with Crippen LogP contribution in [0.3, 0.4) is 0 Å². The summed E-state index contributed by atoms with van der Waals surface area (Å²) in [6.07, 6.45) is 2.61. The van der Waals surface area contributed by atoms with E-state index in [1.165, 1.54) is 6.33 Å². The van der Waals surface area contributed by atoms with Gasteiger partial charge in [0.1, 0.15) is 11.3 Å². The maximum atomic E-state index is 11.5.